The number of carbonyl (C=O) groups is 6. The third kappa shape index (κ3) is 13.0. The maximum Gasteiger partial charge on any atom is 0.347 e. The number of carboxylic acid groups (broad SMARTS) is 1. The summed E-state index contributed by atoms with van der Waals surface area (Å²) in [7, 11) is 0. The quantitative estimate of drug-likeness (QED) is 0.118. The van der Waals surface area contributed by atoms with Gasteiger partial charge in [0.2, 0.25) is 0 Å². The second-order valence-electron chi connectivity index (χ2n) is 12.4. The van der Waals surface area contributed by atoms with Crippen LogP contribution in [-0.2, 0) is 52.5 Å². The summed E-state index contributed by atoms with van der Waals surface area (Å²) in [5.74, 6) is -6.41. The van der Waals surface area contributed by atoms with Gasteiger partial charge in [-0.25, -0.2) is 19.2 Å². The molecule has 2 aliphatic rings. The molecule has 0 spiro atoms. The summed E-state index contributed by atoms with van der Waals surface area (Å²) in [6.07, 6.45) is 0.246. The van der Waals surface area contributed by atoms with E-state index in [0.29, 0.717) is 12.8 Å². The molecule has 0 fully saturated rings. The average molecular weight is 685 g/mol. The molecule has 0 amide bonds. The number of carboxylic acids is 1. The molecule has 0 saturated carbocycles. The lowest BCUT2D eigenvalue weighted by Crippen LogP contribution is -2.43. The number of aliphatic hydroxyl groups excluding tert-OH is 3. The Balaban J connectivity index is 1.83. The van der Waals surface area contributed by atoms with Crippen molar-refractivity contribution < 1.29 is 72.9 Å². The first-order valence-electron chi connectivity index (χ1n) is 16.1. The van der Waals surface area contributed by atoms with Gasteiger partial charge in [0.05, 0.1) is 30.7 Å². The molecular formula is C33H48O15. The number of hydrogen-bond acceptors (Lipinski definition) is 14. The summed E-state index contributed by atoms with van der Waals surface area (Å²) in [5, 5.41) is 40.0. The number of carbonyl (C=O) groups excluding carboxylic acids is 5. The predicted molar refractivity (Wildman–Crippen MR) is 164 cm³/mol. The molecule has 0 aliphatic heterocycles. The standard InChI is InChI=1S/C33H48O15/c1-6-17(2)31(41)48-26-13-23(35)11-21-8-7-18(3)25(30(21)26)10-9-22(34)12-24(36)14-28(39)46-20(5)33(43)47-19(4)32(42)45-16-29(40)44-15-27(37)38/h7-8,11,17-20,22-26,30,34-36H,6,9-10,12-16H2,1-5H3,(H,37,38). The van der Waals surface area contributed by atoms with Crippen molar-refractivity contribution in [2.45, 2.75) is 110 Å². The maximum atomic E-state index is 12.6. The zero-order chi connectivity index (χ0) is 36.1. The van der Waals surface area contributed by atoms with Gasteiger partial charge in [-0.1, -0.05) is 39.0 Å². The largest absolute Gasteiger partial charge is 0.479 e. The number of ether oxygens (including phenoxy) is 5. The number of aliphatic carboxylic acids is 1. The second kappa shape index (κ2) is 19.2. The fourth-order valence-electron chi connectivity index (χ4n) is 5.55. The van der Waals surface area contributed by atoms with Crippen molar-refractivity contribution in [1.29, 1.82) is 0 Å². The van der Waals surface area contributed by atoms with Crippen molar-refractivity contribution in [2.75, 3.05) is 13.2 Å². The summed E-state index contributed by atoms with van der Waals surface area (Å²) in [4.78, 5) is 70.9. The van der Waals surface area contributed by atoms with E-state index in [9.17, 15) is 44.1 Å². The Labute approximate surface area is 279 Å². The van der Waals surface area contributed by atoms with Crippen molar-refractivity contribution in [3.63, 3.8) is 0 Å². The topological polar surface area (TPSA) is 229 Å². The number of allylic oxidation sites excluding steroid dienone is 2. The van der Waals surface area contributed by atoms with E-state index in [4.69, 9.17) is 19.3 Å². The van der Waals surface area contributed by atoms with Crippen LogP contribution in [0.4, 0.5) is 0 Å². The Morgan fingerprint density at radius 1 is 0.896 bits per heavy atom. The van der Waals surface area contributed by atoms with E-state index in [-0.39, 0.29) is 48.9 Å². The average Bonchev–Trinajstić information content (AvgIpc) is 3.01. The Morgan fingerprint density at radius 3 is 2.21 bits per heavy atom. The lowest BCUT2D eigenvalue weighted by molar-refractivity contribution is -0.179. The minimum Gasteiger partial charge on any atom is -0.479 e. The van der Waals surface area contributed by atoms with Gasteiger partial charge in [0.15, 0.2) is 25.4 Å². The number of fused-ring (bicyclic) bond motifs is 1. The zero-order valence-corrected chi connectivity index (χ0v) is 27.9. The lowest BCUT2D eigenvalue weighted by Gasteiger charge is -2.43. The highest BCUT2D eigenvalue weighted by atomic mass is 16.6. The first-order chi connectivity index (χ1) is 22.5. The summed E-state index contributed by atoms with van der Waals surface area (Å²) in [6.45, 7) is 6.22. The van der Waals surface area contributed by atoms with Crippen LogP contribution >= 0.6 is 0 Å². The van der Waals surface area contributed by atoms with Crippen LogP contribution in [0.2, 0.25) is 0 Å². The molecule has 0 heterocycles. The lowest BCUT2D eigenvalue weighted by atomic mass is 9.66. The summed E-state index contributed by atoms with van der Waals surface area (Å²) >= 11 is 0. The molecule has 270 valence electrons. The number of rotatable bonds is 18. The Morgan fingerprint density at radius 2 is 1.56 bits per heavy atom. The van der Waals surface area contributed by atoms with Crippen molar-refractivity contribution in [3.8, 4) is 0 Å². The van der Waals surface area contributed by atoms with Gasteiger partial charge in [0.25, 0.3) is 0 Å². The predicted octanol–water partition coefficient (Wildman–Crippen LogP) is 1.39. The molecule has 2 rings (SSSR count). The van der Waals surface area contributed by atoms with E-state index < -0.39 is 86.1 Å². The van der Waals surface area contributed by atoms with Gasteiger partial charge in [0.1, 0.15) is 6.10 Å². The van der Waals surface area contributed by atoms with Crippen LogP contribution in [0.3, 0.4) is 0 Å². The minimum atomic E-state index is -1.50. The highest BCUT2D eigenvalue weighted by Crippen LogP contribution is 2.44. The fourth-order valence-corrected chi connectivity index (χ4v) is 5.55. The number of aliphatic hydroxyl groups is 3. The van der Waals surface area contributed by atoms with E-state index in [1.54, 1.807) is 13.0 Å². The highest BCUT2D eigenvalue weighted by Gasteiger charge is 2.42. The van der Waals surface area contributed by atoms with E-state index in [1.807, 2.05) is 26.0 Å². The van der Waals surface area contributed by atoms with Crippen LogP contribution in [0, 0.1) is 23.7 Å². The molecule has 48 heavy (non-hydrogen) atoms. The monoisotopic (exact) mass is 684 g/mol. The normalized spacial score (nSPS) is 24.8. The molecule has 0 aromatic heterocycles. The van der Waals surface area contributed by atoms with Gasteiger partial charge in [0, 0.05) is 12.3 Å². The van der Waals surface area contributed by atoms with E-state index >= 15 is 0 Å². The van der Waals surface area contributed by atoms with Crippen LogP contribution in [0.15, 0.2) is 23.8 Å². The zero-order valence-electron chi connectivity index (χ0n) is 27.9. The van der Waals surface area contributed by atoms with E-state index in [2.05, 4.69) is 9.47 Å². The Hall–Kier alpha value is -3.82. The van der Waals surface area contributed by atoms with Gasteiger partial charge < -0.3 is 44.1 Å². The summed E-state index contributed by atoms with van der Waals surface area (Å²) in [6, 6.07) is 0. The molecular weight excluding hydrogens is 636 g/mol. The van der Waals surface area contributed by atoms with Crippen molar-refractivity contribution in [1.82, 2.24) is 0 Å². The van der Waals surface area contributed by atoms with E-state index in [0.717, 1.165) is 12.5 Å². The van der Waals surface area contributed by atoms with Gasteiger partial charge in [-0.05, 0) is 56.9 Å². The third-order valence-corrected chi connectivity index (χ3v) is 8.39. The third-order valence-electron chi connectivity index (χ3n) is 8.39. The molecule has 0 saturated heterocycles. The minimum absolute atomic E-state index is 0.0162. The number of hydrogen-bond donors (Lipinski definition) is 4. The van der Waals surface area contributed by atoms with Gasteiger partial charge in [-0.3, -0.25) is 9.59 Å². The van der Waals surface area contributed by atoms with Crippen LogP contribution in [0.1, 0.15) is 73.1 Å². The van der Waals surface area contributed by atoms with Crippen molar-refractivity contribution in [2.24, 2.45) is 23.7 Å². The molecule has 4 N–H and O–H groups in total. The van der Waals surface area contributed by atoms with Gasteiger partial charge in [-0.15, -0.1) is 0 Å². The molecule has 0 radical (unpaired) electrons. The first-order valence-corrected chi connectivity index (χ1v) is 16.1. The van der Waals surface area contributed by atoms with Gasteiger partial charge >= 0.3 is 35.8 Å². The van der Waals surface area contributed by atoms with Crippen molar-refractivity contribution >= 4 is 35.8 Å². The van der Waals surface area contributed by atoms with Crippen LogP contribution < -0.4 is 0 Å². The fraction of sp³-hybridized carbons (Fsp3) is 0.697. The SMILES string of the molecule is CCC(C)C(=O)OC1CC(O)C=C2C=CC(C)C(CCC(O)CC(O)CC(=O)OC(C)C(=O)OC(C)C(=O)OCC(=O)OCC(=O)O)C21. The molecule has 0 bridgehead atoms. The number of esters is 5. The second-order valence-corrected chi connectivity index (χ2v) is 12.4. The molecule has 10 unspecified atom stereocenters. The van der Waals surface area contributed by atoms with Crippen LogP contribution in [0.5, 0.6) is 0 Å². The van der Waals surface area contributed by atoms with Crippen LogP contribution in [-0.4, -0.2) is 106 Å². The molecule has 2 aliphatic carbocycles. The molecule has 0 aromatic carbocycles. The summed E-state index contributed by atoms with van der Waals surface area (Å²) in [5.41, 5.74) is 0.882. The van der Waals surface area contributed by atoms with Crippen molar-refractivity contribution in [3.05, 3.63) is 23.8 Å². The smallest absolute Gasteiger partial charge is 0.347 e. The summed E-state index contributed by atoms with van der Waals surface area (Å²) < 4.78 is 24.6. The molecule has 10 atom stereocenters. The molecule has 15 nitrogen and oxygen atoms in total. The van der Waals surface area contributed by atoms with E-state index in [1.165, 1.54) is 6.92 Å². The Bertz CT molecular complexity index is 1210. The maximum absolute atomic E-state index is 12.6. The van der Waals surface area contributed by atoms with Gasteiger partial charge in [-0.2, -0.15) is 0 Å². The Kier molecular flexibility index (Phi) is 16.2. The van der Waals surface area contributed by atoms with Crippen LogP contribution in [0.25, 0.3) is 0 Å². The molecule has 0 aromatic rings. The molecule has 15 heteroatoms. The first kappa shape index (κ1) is 40.4. The highest BCUT2D eigenvalue weighted by molar-refractivity contribution is 5.84.